The Balaban J connectivity index is 1.15. The molecule has 0 aromatic heterocycles. The number of anilines is 1. The molecule has 2 bridgehead atoms. The van der Waals surface area contributed by atoms with E-state index < -0.39 is 0 Å². The second-order valence-corrected chi connectivity index (χ2v) is 8.72. The van der Waals surface area contributed by atoms with Gasteiger partial charge in [-0.15, -0.1) is 0 Å². The number of ether oxygens (including phenoxy) is 2. The topological polar surface area (TPSA) is 49.3 Å². The minimum Gasteiger partial charge on any atom is -0.495 e. The molecular formula is C22H32N4O2. The lowest BCUT2D eigenvalue weighted by atomic mass is 9.82. The fourth-order valence-electron chi connectivity index (χ4n) is 5.81. The van der Waals surface area contributed by atoms with Crippen molar-refractivity contribution in [1.82, 2.24) is 10.2 Å². The van der Waals surface area contributed by atoms with Crippen LogP contribution in [0.2, 0.25) is 0 Å². The quantitative estimate of drug-likeness (QED) is 0.637. The maximum absolute atomic E-state index is 6.11. The molecule has 4 aliphatic rings. The fourth-order valence-corrected chi connectivity index (χ4v) is 5.81. The lowest BCUT2D eigenvalue weighted by molar-refractivity contribution is 0.0767. The highest BCUT2D eigenvalue weighted by Gasteiger charge is 2.53. The van der Waals surface area contributed by atoms with Gasteiger partial charge in [-0.05, 0) is 37.3 Å². The van der Waals surface area contributed by atoms with E-state index in [0.717, 1.165) is 44.4 Å². The van der Waals surface area contributed by atoms with Gasteiger partial charge in [0.15, 0.2) is 5.96 Å². The number of para-hydroxylation sites is 2. The third-order valence-corrected chi connectivity index (χ3v) is 7.22. The van der Waals surface area contributed by atoms with E-state index in [9.17, 15) is 0 Å². The van der Waals surface area contributed by atoms with Gasteiger partial charge in [-0.1, -0.05) is 12.1 Å². The minimum atomic E-state index is 0.502. The van der Waals surface area contributed by atoms with Gasteiger partial charge in [0.1, 0.15) is 5.75 Å². The van der Waals surface area contributed by atoms with Crippen LogP contribution in [0.25, 0.3) is 0 Å². The van der Waals surface area contributed by atoms with Crippen molar-refractivity contribution in [1.29, 1.82) is 0 Å². The molecule has 4 aliphatic heterocycles. The maximum atomic E-state index is 6.11. The van der Waals surface area contributed by atoms with Crippen LogP contribution in [0, 0.1) is 17.8 Å². The Morgan fingerprint density at radius 2 is 1.89 bits per heavy atom. The summed E-state index contributed by atoms with van der Waals surface area (Å²) in [5.74, 6) is 4.09. The van der Waals surface area contributed by atoms with Crippen LogP contribution in [0.1, 0.15) is 19.3 Å². The summed E-state index contributed by atoms with van der Waals surface area (Å²) in [6.07, 6.45) is 4.72. The van der Waals surface area contributed by atoms with Crippen molar-refractivity contribution >= 4 is 11.6 Å². The zero-order valence-corrected chi connectivity index (χ0v) is 17.0. The molecule has 4 fully saturated rings. The molecule has 0 aliphatic carbocycles. The third kappa shape index (κ3) is 3.11. The molecule has 0 radical (unpaired) electrons. The van der Waals surface area contributed by atoms with E-state index in [4.69, 9.17) is 9.47 Å². The Labute approximate surface area is 167 Å². The van der Waals surface area contributed by atoms with Crippen LogP contribution in [0.15, 0.2) is 29.3 Å². The lowest BCUT2D eigenvalue weighted by Crippen LogP contribution is -2.43. The van der Waals surface area contributed by atoms with Crippen molar-refractivity contribution in [2.75, 3.05) is 51.8 Å². The monoisotopic (exact) mass is 384 g/mol. The van der Waals surface area contributed by atoms with E-state index in [1.165, 1.54) is 24.9 Å². The summed E-state index contributed by atoms with van der Waals surface area (Å²) in [6, 6.07) is 8.33. The molecule has 4 saturated heterocycles. The highest BCUT2D eigenvalue weighted by atomic mass is 16.5. The highest BCUT2D eigenvalue weighted by molar-refractivity contribution is 5.80. The Kier molecular flexibility index (Phi) is 4.83. The van der Waals surface area contributed by atoms with Crippen LogP contribution in [-0.2, 0) is 4.74 Å². The lowest BCUT2D eigenvalue weighted by Gasteiger charge is -2.25. The van der Waals surface area contributed by atoms with E-state index in [0.29, 0.717) is 30.0 Å². The van der Waals surface area contributed by atoms with Crippen LogP contribution in [0.5, 0.6) is 5.75 Å². The van der Waals surface area contributed by atoms with Crippen LogP contribution >= 0.6 is 0 Å². The van der Waals surface area contributed by atoms with Crippen molar-refractivity contribution < 1.29 is 9.47 Å². The first-order chi connectivity index (χ1) is 13.8. The number of aliphatic imine (C=N–C) groups is 1. The highest BCUT2D eigenvalue weighted by Crippen LogP contribution is 2.47. The van der Waals surface area contributed by atoms with E-state index in [-0.39, 0.29) is 0 Å². The molecule has 5 rings (SSSR count). The number of rotatable bonds is 4. The third-order valence-electron chi connectivity index (χ3n) is 7.22. The predicted octanol–water partition coefficient (Wildman–Crippen LogP) is 2.21. The van der Waals surface area contributed by atoms with Gasteiger partial charge in [-0.25, -0.2) is 0 Å². The Morgan fingerprint density at radius 1 is 1.14 bits per heavy atom. The first-order valence-electron chi connectivity index (χ1n) is 10.8. The van der Waals surface area contributed by atoms with Crippen molar-refractivity contribution in [3.8, 4) is 5.75 Å². The van der Waals surface area contributed by atoms with Gasteiger partial charge in [0.05, 0.1) is 25.0 Å². The molecule has 5 unspecified atom stereocenters. The van der Waals surface area contributed by atoms with Gasteiger partial charge in [-0.3, -0.25) is 4.99 Å². The number of guanidine groups is 1. The van der Waals surface area contributed by atoms with E-state index in [1.54, 1.807) is 7.11 Å². The summed E-state index contributed by atoms with van der Waals surface area (Å²) in [7, 11) is 3.66. The minimum absolute atomic E-state index is 0.502. The van der Waals surface area contributed by atoms with Gasteiger partial charge in [0, 0.05) is 51.6 Å². The number of hydrogen-bond donors (Lipinski definition) is 1. The van der Waals surface area contributed by atoms with Gasteiger partial charge in [0.2, 0.25) is 0 Å². The smallest absolute Gasteiger partial charge is 0.193 e. The molecule has 0 spiro atoms. The Bertz CT molecular complexity index is 721. The van der Waals surface area contributed by atoms with E-state index >= 15 is 0 Å². The molecule has 152 valence electrons. The largest absolute Gasteiger partial charge is 0.495 e. The van der Waals surface area contributed by atoms with Crippen molar-refractivity contribution in [3.63, 3.8) is 0 Å². The summed E-state index contributed by atoms with van der Waals surface area (Å²) in [5.41, 5.74) is 1.21. The van der Waals surface area contributed by atoms with Crippen LogP contribution in [0.4, 0.5) is 5.69 Å². The van der Waals surface area contributed by atoms with Gasteiger partial charge in [-0.2, -0.15) is 0 Å². The number of fused-ring (bicyclic) bond motifs is 5. The van der Waals surface area contributed by atoms with Crippen LogP contribution in [0.3, 0.4) is 0 Å². The van der Waals surface area contributed by atoms with Crippen molar-refractivity contribution in [2.45, 2.75) is 31.5 Å². The normalized spacial score (nSPS) is 34.2. The molecule has 0 saturated carbocycles. The van der Waals surface area contributed by atoms with Crippen molar-refractivity contribution in [3.05, 3.63) is 24.3 Å². The Morgan fingerprint density at radius 3 is 2.61 bits per heavy atom. The maximum Gasteiger partial charge on any atom is 0.193 e. The number of nitrogens with one attached hydrogen (secondary N) is 1. The Hall–Kier alpha value is -1.95. The second-order valence-electron chi connectivity index (χ2n) is 8.72. The average Bonchev–Trinajstić information content (AvgIpc) is 3.50. The number of hydrogen-bond acceptors (Lipinski definition) is 4. The summed E-state index contributed by atoms with van der Waals surface area (Å²) in [4.78, 5) is 9.51. The zero-order chi connectivity index (χ0) is 19.1. The molecule has 6 nitrogen and oxygen atoms in total. The average molecular weight is 385 g/mol. The van der Waals surface area contributed by atoms with Gasteiger partial charge >= 0.3 is 0 Å². The summed E-state index contributed by atoms with van der Waals surface area (Å²) < 4.78 is 11.7. The second kappa shape index (κ2) is 7.47. The van der Waals surface area contributed by atoms with E-state index in [2.05, 4.69) is 32.2 Å². The molecule has 1 aromatic carbocycles. The summed E-state index contributed by atoms with van der Waals surface area (Å²) >= 11 is 0. The van der Waals surface area contributed by atoms with Crippen molar-refractivity contribution in [2.24, 2.45) is 22.7 Å². The van der Waals surface area contributed by atoms with E-state index in [1.807, 2.05) is 19.2 Å². The molecule has 5 atom stereocenters. The number of benzene rings is 1. The molecule has 4 heterocycles. The van der Waals surface area contributed by atoms with Crippen LogP contribution < -0.4 is 15.0 Å². The molecule has 1 aromatic rings. The number of likely N-dealkylation sites (tertiary alicyclic amines) is 1. The fraction of sp³-hybridized carbons (Fsp3) is 0.682. The number of methoxy groups -OCH3 is 1. The molecule has 1 N–H and O–H groups in total. The first-order valence-corrected chi connectivity index (χ1v) is 10.8. The molecule has 28 heavy (non-hydrogen) atoms. The molecule has 0 amide bonds. The number of nitrogens with zero attached hydrogens (tertiary/aromatic N) is 3. The molecule has 6 heteroatoms. The standard InChI is InChI=1S/C22H32N4O2/c1-23-22(26-13-16-17(14-26)20-8-7-19(16)28-20)24-11-15-9-10-25(12-15)18-5-3-4-6-21(18)27-2/h3-6,15-17,19-20H,7-14H2,1-2H3,(H,23,24). The van der Waals surface area contributed by atoms with Gasteiger partial charge < -0.3 is 24.6 Å². The first kappa shape index (κ1) is 18.1. The molecular weight excluding hydrogens is 352 g/mol. The summed E-state index contributed by atoms with van der Waals surface area (Å²) in [6.45, 7) is 5.33. The zero-order valence-electron chi connectivity index (χ0n) is 17.0. The SMILES string of the molecule is CN=C(NCC1CCN(c2ccccc2OC)C1)N1CC2C3CCC(O3)C2C1. The summed E-state index contributed by atoms with van der Waals surface area (Å²) in [5, 5.41) is 3.67. The van der Waals surface area contributed by atoms with Gasteiger partial charge in [0.25, 0.3) is 0 Å². The van der Waals surface area contributed by atoms with Crippen LogP contribution in [-0.4, -0.2) is 69.9 Å². The predicted molar refractivity (Wildman–Crippen MR) is 111 cm³/mol.